The molecular weight excluding hydrogens is 463 g/mol. The molecule has 3 unspecified atom stereocenters. The quantitative estimate of drug-likeness (QED) is 0.464. The molecule has 0 bridgehead atoms. The molecule has 2 saturated heterocycles. The number of rotatable bonds is 7. The minimum Gasteiger partial charge on any atom is -0.381 e. The highest BCUT2D eigenvalue weighted by molar-refractivity contribution is 5.82. The van der Waals surface area contributed by atoms with Crippen molar-refractivity contribution in [3.63, 3.8) is 0 Å². The van der Waals surface area contributed by atoms with Crippen LogP contribution in [0, 0.1) is 0 Å². The summed E-state index contributed by atoms with van der Waals surface area (Å²) in [5.74, 6) is 0.418. The van der Waals surface area contributed by atoms with Crippen molar-refractivity contribution in [3.8, 4) is 0 Å². The molecule has 2 fully saturated rings. The molecule has 2 aromatic heterocycles. The molecule has 1 aliphatic carbocycles. The molecule has 4 atom stereocenters. The summed E-state index contributed by atoms with van der Waals surface area (Å²) in [6.45, 7) is 2.52. The lowest BCUT2D eigenvalue weighted by atomic mass is 10.1. The fourth-order valence-corrected chi connectivity index (χ4v) is 5.94. The average molecular weight is 497 g/mol. The molecule has 1 aromatic carbocycles. The predicted molar refractivity (Wildman–Crippen MR) is 131 cm³/mol. The van der Waals surface area contributed by atoms with Crippen molar-refractivity contribution in [1.29, 1.82) is 0 Å². The van der Waals surface area contributed by atoms with Crippen LogP contribution in [-0.4, -0.2) is 75.2 Å². The number of nitrogens with zero attached hydrogens (tertiary/aromatic N) is 3. The number of alkyl halides is 1. The summed E-state index contributed by atoms with van der Waals surface area (Å²) >= 11 is 0. The summed E-state index contributed by atoms with van der Waals surface area (Å²) in [6, 6.07) is 5.66. The Hall–Kier alpha value is -2.82. The van der Waals surface area contributed by atoms with Crippen LogP contribution in [0.4, 0.5) is 4.39 Å². The number of nitrogens with one attached hydrogen (secondary N) is 3. The Labute approximate surface area is 209 Å². The first-order chi connectivity index (χ1) is 17.7. The number of aromatic nitrogens is 4. The van der Waals surface area contributed by atoms with Crippen molar-refractivity contribution < 1.29 is 18.7 Å². The van der Waals surface area contributed by atoms with Gasteiger partial charge in [0.15, 0.2) is 0 Å². The molecule has 192 valence electrons. The van der Waals surface area contributed by atoms with Crippen molar-refractivity contribution in [2.75, 3.05) is 26.3 Å². The Balaban J connectivity index is 1.16. The molecular formula is C26H33FN6O3. The van der Waals surface area contributed by atoms with Gasteiger partial charge in [-0.1, -0.05) is 12.1 Å². The smallest absolute Gasteiger partial charge is 0.227 e. The van der Waals surface area contributed by atoms with E-state index in [-0.39, 0.29) is 30.6 Å². The normalized spacial score (nSPS) is 26.8. The van der Waals surface area contributed by atoms with Gasteiger partial charge in [-0.3, -0.25) is 9.69 Å². The van der Waals surface area contributed by atoms with Gasteiger partial charge in [0.25, 0.3) is 0 Å². The maximum atomic E-state index is 13.3. The molecule has 1 amide bonds. The number of amides is 1. The van der Waals surface area contributed by atoms with Crippen LogP contribution in [0.3, 0.4) is 0 Å². The van der Waals surface area contributed by atoms with Crippen LogP contribution in [0.25, 0.3) is 11.0 Å². The highest BCUT2D eigenvalue weighted by Gasteiger charge is 2.40. The molecule has 0 radical (unpaired) electrons. The molecule has 2 aliphatic heterocycles. The summed E-state index contributed by atoms with van der Waals surface area (Å²) in [6.07, 6.45) is 6.63. The monoisotopic (exact) mass is 496 g/mol. The van der Waals surface area contributed by atoms with Gasteiger partial charge in [-0.25, -0.2) is 14.4 Å². The molecule has 36 heavy (non-hydrogen) atoms. The Bertz CT molecular complexity index is 1200. The molecule has 4 heterocycles. The third-order valence-electron chi connectivity index (χ3n) is 7.75. The Morgan fingerprint density at radius 1 is 1.25 bits per heavy atom. The topological polar surface area (TPSA) is 108 Å². The summed E-state index contributed by atoms with van der Waals surface area (Å²) in [7, 11) is 0. The van der Waals surface area contributed by atoms with Crippen LogP contribution in [-0.2, 0) is 33.8 Å². The number of hydrogen-bond donors (Lipinski definition) is 3. The zero-order valence-corrected chi connectivity index (χ0v) is 20.3. The molecule has 9 nitrogen and oxygen atoms in total. The maximum absolute atomic E-state index is 13.3. The van der Waals surface area contributed by atoms with Gasteiger partial charge in [0, 0.05) is 43.6 Å². The molecule has 3 aromatic rings. The number of aromatic amines is 2. The van der Waals surface area contributed by atoms with Crippen LogP contribution in [0.1, 0.15) is 54.6 Å². The number of halogens is 1. The molecule has 10 heteroatoms. The fraction of sp³-hybridized carbons (Fsp3) is 0.577. The number of H-pyrrole nitrogens is 2. The van der Waals surface area contributed by atoms with E-state index in [2.05, 4.69) is 30.2 Å². The summed E-state index contributed by atoms with van der Waals surface area (Å²) in [5.41, 5.74) is 3.99. The highest BCUT2D eigenvalue weighted by Crippen LogP contribution is 2.34. The number of ether oxygens (including phenoxy) is 2. The first-order valence-electron chi connectivity index (χ1n) is 13.0. The Morgan fingerprint density at radius 2 is 2.19 bits per heavy atom. The maximum Gasteiger partial charge on any atom is 0.227 e. The Kier molecular flexibility index (Phi) is 6.73. The fourth-order valence-electron chi connectivity index (χ4n) is 5.94. The van der Waals surface area contributed by atoms with E-state index >= 15 is 0 Å². The molecule has 6 rings (SSSR count). The number of carbonyl (C=O) groups excluding carboxylic acids is 1. The molecule has 3 aliphatic rings. The van der Waals surface area contributed by atoms with Gasteiger partial charge in [-0.2, -0.15) is 0 Å². The zero-order valence-electron chi connectivity index (χ0n) is 20.3. The van der Waals surface area contributed by atoms with E-state index in [1.54, 1.807) is 18.5 Å². The van der Waals surface area contributed by atoms with Gasteiger partial charge < -0.3 is 24.8 Å². The van der Waals surface area contributed by atoms with Gasteiger partial charge in [-0.15, -0.1) is 0 Å². The lowest BCUT2D eigenvalue weighted by Gasteiger charge is -2.26. The van der Waals surface area contributed by atoms with E-state index in [1.165, 1.54) is 0 Å². The highest BCUT2D eigenvalue weighted by atomic mass is 19.1. The number of carbonyl (C=O) groups is 1. The van der Waals surface area contributed by atoms with Crippen molar-refractivity contribution in [2.45, 2.75) is 69.5 Å². The van der Waals surface area contributed by atoms with E-state index in [1.807, 2.05) is 6.07 Å². The minimum atomic E-state index is -0.587. The van der Waals surface area contributed by atoms with Gasteiger partial charge in [-0.05, 0) is 38.2 Å². The van der Waals surface area contributed by atoms with Crippen molar-refractivity contribution >= 4 is 16.9 Å². The second kappa shape index (κ2) is 10.3. The molecule has 0 saturated carbocycles. The van der Waals surface area contributed by atoms with Crippen LogP contribution in [0.5, 0.6) is 0 Å². The number of hydrogen-bond acceptors (Lipinski definition) is 6. The Morgan fingerprint density at radius 3 is 3.11 bits per heavy atom. The van der Waals surface area contributed by atoms with E-state index < -0.39 is 6.67 Å². The number of fused-ring (bicyclic) bond motifs is 2. The van der Waals surface area contributed by atoms with E-state index in [9.17, 15) is 9.18 Å². The number of benzene rings is 1. The van der Waals surface area contributed by atoms with Crippen molar-refractivity contribution in [2.24, 2.45) is 0 Å². The van der Waals surface area contributed by atoms with Crippen LogP contribution in [0.15, 0.2) is 24.5 Å². The number of para-hydroxylation sites is 1. The average Bonchev–Trinajstić information content (AvgIpc) is 3.62. The SMILES string of the molecule is O=C(Cc1nc2c(CF)cccc2[nH]1)NC1CN(C2CCCOCC2)C[C@@H]1OC1CCc2[nH]cnc21. The standard InChI is InChI=1S/C26H33FN6O3/c27-12-16-3-1-5-19-25(16)32-23(30-19)11-24(34)31-20-13-33(17-4-2-9-35-10-8-17)14-22(20)36-21-7-6-18-26(21)29-15-28-18/h1,3,5,15,17,20-22H,2,4,6-14H2,(H,28,29)(H,30,32)(H,31,34)/t17?,20?,21?,22-/m0/s1. The van der Waals surface area contributed by atoms with E-state index in [4.69, 9.17) is 9.47 Å². The van der Waals surface area contributed by atoms with Crippen LogP contribution < -0.4 is 5.32 Å². The third kappa shape index (κ3) is 4.77. The zero-order chi connectivity index (χ0) is 24.5. The molecule has 3 N–H and O–H groups in total. The first kappa shape index (κ1) is 23.6. The molecule has 0 spiro atoms. The number of likely N-dealkylation sites (tertiary alicyclic amines) is 1. The lowest BCUT2D eigenvalue weighted by molar-refractivity contribution is -0.122. The summed E-state index contributed by atoms with van der Waals surface area (Å²) in [4.78, 5) is 30.9. The summed E-state index contributed by atoms with van der Waals surface area (Å²) < 4.78 is 25.6. The number of aryl methyl sites for hydroxylation is 1. The largest absolute Gasteiger partial charge is 0.381 e. The third-order valence-corrected chi connectivity index (χ3v) is 7.75. The van der Waals surface area contributed by atoms with Crippen molar-refractivity contribution in [3.05, 3.63) is 47.3 Å². The van der Waals surface area contributed by atoms with E-state index in [0.717, 1.165) is 75.3 Å². The lowest BCUT2D eigenvalue weighted by Crippen LogP contribution is -2.45. The van der Waals surface area contributed by atoms with E-state index in [0.29, 0.717) is 22.9 Å². The van der Waals surface area contributed by atoms with Gasteiger partial charge >= 0.3 is 0 Å². The predicted octanol–water partition coefficient (Wildman–Crippen LogP) is 2.74. The summed E-state index contributed by atoms with van der Waals surface area (Å²) in [5, 5.41) is 3.23. The van der Waals surface area contributed by atoms with Crippen molar-refractivity contribution in [1.82, 2.24) is 30.2 Å². The van der Waals surface area contributed by atoms with Crippen LogP contribution >= 0.6 is 0 Å². The second-order valence-electron chi connectivity index (χ2n) is 10.1. The van der Waals surface area contributed by atoms with Gasteiger partial charge in [0.2, 0.25) is 5.91 Å². The van der Waals surface area contributed by atoms with Gasteiger partial charge in [0.1, 0.15) is 18.6 Å². The number of imidazole rings is 2. The van der Waals surface area contributed by atoms with Gasteiger partial charge in [0.05, 0.1) is 41.6 Å². The second-order valence-corrected chi connectivity index (χ2v) is 10.1. The van der Waals surface area contributed by atoms with Crippen LogP contribution in [0.2, 0.25) is 0 Å². The first-order valence-corrected chi connectivity index (χ1v) is 13.0. The minimum absolute atomic E-state index is 0.0532.